The Labute approximate surface area is 119 Å². The Balaban J connectivity index is 1.74. The van der Waals surface area contributed by atoms with Crippen LogP contribution in [0, 0.1) is 5.92 Å². The molecule has 3 aromatic rings. The highest BCUT2D eigenvalue weighted by Crippen LogP contribution is 2.34. The number of rotatable bonds is 2. The van der Waals surface area contributed by atoms with Crippen molar-refractivity contribution in [2.24, 2.45) is 0 Å². The third-order valence-corrected chi connectivity index (χ3v) is 3.97. The van der Waals surface area contributed by atoms with E-state index in [1.807, 2.05) is 0 Å². The molecule has 4 rings (SSSR count). The smallest absolute Gasteiger partial charge is 0.0317 e. The summed E-state index contributed by atoms with van der Waals surface area (Å²) in [5.74, 6) is 1.41. The lowest BCUT2D eigenvalue weighted by molar-refractivity contribution is 1.07. The molecule has 20 heavy (non-hydrogen) atoms. The molecule has 0 amide bonds. The zero-order valence-electron chi connectivity index (χ0n) is 11.2. The van der Waals surface area contributed by atoms with E-state index < -0.39 is 0 Å². The molecule has 0 aliphatic heterocycles. The van der Waals surface area contributed by atoms with Gasteiger partial charge < -0.3 is 0 Å². The molecule has 1 aliphatic carbocycles. The summed E-state index contributed by atoms with van der Waals surface area (Å²) in [5.41, 5.74) is 4.09. The molecule has 0 aromatic heterocycles. The number of hydrogen-bond acceptors (Lipinski definition) is 0. The first kappa shape index (κ1) is 11.5. The van der Waals surface area contributed by atoms with Gasteiger partial charge in [0.15, 0.2) is 0 Å². The van der Waals surface area contributed by atoms with Gasteiger partial charge in [0, 0.05) is 5.92 Å². The van der Waals surface area contributed by atoms with Crippen molar-refractivity contribution in [3.05, 3.63) is 95.4 Å². The summed E-state index contributed by atoms with van der Waals surface area (Å²) in [4.78, 5) is 0. The molecule has 0 saturated heterocycles. The number of allylic oxidation sites excluding steroid dienone is 1. The predicted molar refractivity (Wildman–Crippen MR) is 85.5 cm³/mol. The van der Waals surface area contributed by atoms with Crippen LogP contribution in [0.25, 0.3) is 16.8 Å². The molecule has 95 valence electrons. The fourth-order valence-corrected chi connectivity index (χ4v) is 2.92. The summed E-state index contributed by atoms with van der Waals surface area (Å²) in [7, 11) is 0. The van der Waals surface area contributed by atoms with E-state index in [2.05, 4.69) is 78.9 Å². The first-order valence-electron chi connectivity index (χ1n) is 7.01. The Bertz CT molecular complexity index is 782. The lowest BCUT2D eigenvalue weighted by Crippen LogP contribution is -1.99. The van der Waals surface area contributed by atoms with E-state index >= 15 is 0 Å². The summed E-state index contributed by atoms with van der Waals surface area (Å²) in [6, 6.07) is 23.9. The second-order valence-corrected chi connectivity index (χ2v) is 5.31. The van der Waals surface area contributed by atoms with Gasteiger partial charge >= 0.3 is 0 Å². The highest BCUT2D eigenvalue weighted by molar-refractivity contribution is 5.89. The second-order valence-electron chi connectivity index (χ2n) is 5.31. The van der Waals surface area contributed by atoms with E-state index in [0.717, 1.165) is 6.42 Å². The molecular formula is C20H15. The van der Waals surface area contributed by atoms with Crippen LogP contribution < -0.4 is 0 Å². The van der Waals surface area contributed by atoms with E-state index in [0.29, 0.717) is 0 Å². The minimum Gasteiger partial charge on any atom is -0.0718 e. The maximum Gasteiger partial charge on any atom is 0.0317 e. The number of hydrogen-bond donors (Lipinski definition) is 0. The first-order valence-corrected chi connectivity index (χ1v) is 7.01. The molecule has 0 N–H and O–H groups in total. The van der Waals surface area contributed by atoms with E-state index in [-0.39, 0.29) is 0 Å². The maximum absolute atomic E-state index is 2.32. The second kappa shape index (κ2) is 4.64. The number of fused-ring (bicyclic) bond motifs is 2. The van der Waals surface area contributed by atoms with Crippen LogP contribution in [0.2, 0.25) is 0 Å². The van der Waals surface area contributed by atoms with Crippen LogP contribution in [0.5, 0.6) is 0 Å². The fourth-order valence-electron chi connectivity index (χ4n) is 2.92. The van der Waals surface area contributed by atoms with Gasteiger partial charge in [-0.3, -0.25) is 0 Å². The van der Waals surface area contributed by atoms with Crippen LogP contribution in [0.4, 0.5) is 0 Å². The summed E-state index contributed by atoms with van der Waals surface area (Å²) in [6.07, 6.45) is 5.50. The van der Waals surface area contributed by atoms with Crippen LogP contribution >= 0.6 is 0 Å². The maximum atomic E-state index is 2.32. The van der Waals surface area contributed by atoms with E-state index in [1.54, 1.807) is 0 Å². The largest absolute Gasteiger partial charge is 0.0718 e. The molecule has 3 aromatic carbocycles. The van der Waals surface area contributed by atoms with E-state index in [9.17, 15) is 0 Å². The van der Waals surface area contributed by atoms with Gasteiger partial charge in [-0.2, -0.15) is 0 Å². The highest BCUT2D eigenvalue weighted by Gasteiger charge is 2.18. The normalized spacial score (nSPS) is 13.8. The zero-order chi connectivity index (χ0) is 13.4. The van der Waals surface area contributed by atoms with Crippen molar-refractivity contribution in [1.29, 1.82) is 0 Å². The lowest BCUT2D eigenvalue weighted by atomic mass is 9.92. The van der Waals surface area contributed by atoms with E-state index in [1.165, 1.54) is 33.4 Å². The van der Waals surface area contributed by atoms with Gasteiger partial charge in [0.05, 0.1) is 0 Å². The highest BCUT2D eigenvalue weighted by atomic mass is 14.2. The molecular weight excluding hydrogens is 240 g/mol. The molecule has 1 aliphatic rings. The summed E-state index contributed by atoms with van der Waals surface area (Å²) < 4.78 is 0. The Morgan fingerprint density at radius 2 is 1.35 bits per heavy atom. The van der Waals surface area contributed by atoms with Crippen LogP contribution in [0.3, 0.4) is 0 Å². The first-order chi connectivity index (χ1) is 9.90. The van der Waals surface area contributed by atoms with Gasteiger partial charge in [-0.15, -0.1) is 0 Å². The third kappa shape index (κ3) is 1.94. The van der Waals surface area contributed by atoms with Gasteiger partial charge in [0.25, 0.3) is 0 Å². The van der Waals surface area contributed by atoms with Crippen molar-refractivity contribution in [2.45, 2.75) is 6.42 Å². The summed E-state index contributed by atoms with van der Waals surface area (Å²) >= 11 is 0. The molecule has 1 radical (unpaired) electrons. The van der Waals surface area contributed by atoms with Crippen molar-refractivity contribution < 1.29 is 0 Å². The van der Waals surface area contributed by atoms with Gasteiger partial charge in [0.1, 0.15) is 0 Å². The lowest BCUT2D eigenvalue weighted by Gasteiger charge is -2.11. The molecule has 0 heterocycles. The molecule has 0 spiro atoms. The van der Waals surface area contributed by atoms with Crippen molar-refractivity contribution in [2.75, 3.05) is 0 Å². The fraction of sp³-hybridized carbons (Fsp3) is 0.0500. The minimum absolute atomic E-state index is 1.00. The summed E-state index contributed by atoms with van der Waals surface area (Å²) in [5, 5.41) is 2.64. The Kier molecular flexibility index (Phi) is 2.67. The van der Waals surface area contributed by atoms with E-state index in [4.69, 9.17) is 0 Å². The van der Waals surface area contributed by atoms with Crippen molar-refractivity contribution in [3.63, 3.8) is 0 Å². The summed E-state index contributed by atoms with van der Waals surface area (Å²) in [6.45, 7) is 0. The van der Waals surface area contributed by atoms with Crippen molar-refractivity contribution >= 4 is 16.8 Å². The molecule has 0 atom stereocenters. The van der Waals surface area contributed by atoms with Gasteiger partial charge in [-0.25, -0.2) is 0 Å². The Morgan fingerprint density at radius 3 is 2.15 bits per heavy atom. The Morgan fingerprint density at radius 1 is 0.650 bits per heavy atom. The minimum atomic E-state index is 1.00. The van der Waals surface area contributed by atoms with Gasteiger partial charge in [-0.05, 0) is 46.0 Å². The SMILES string of the molecule is C1=Cc2cc3ccccc3cc2[C]1Cc1ccccc1. The average molecular weight is 255 g/mol. The van der Waals surface area contributed by atoms with Crippen molar-refractivity contribution in [3.8, 4) is 0 Å². The van der Waals surface area contributed by atoms with Crippen molar-refractivity contribution in [1.82, 2.24) is 0 Å². The molecule has 0 bridgehead atoms. The van der Waals surface area contributed by atoms with Crippen LogP contribution in [0.15, 0.2) is 72.8 Å². The average Bonchev–Trinajstić information content (AvgIpc) is 2.88. The standard InChI is InChI=1S/C20H15/c1-2-6-15(7-3-1)12-18-10-11-19-13-16-8-4-5-9-17(16)14-20(18)19/h1-11,13-14H,12H2. The van der Waals surface area contributed by atoms with Gasteiger partial charge in [0.2, 0.25) is 0 Å². The monoisotopic (exact) mass is 255 g/mol. The molecule has 0 fully saturated rings. The molecule has 0 heteroatoms. The Hall–Kier alpha value is -2.34. The zero-order valence-corrected chi connectivity index (χ0v) is 11.2. The third-order valence-electron chi connectivity index (χ3n) is 3.97. The quantitative estimate of drug-likeness (QED) is 0.602. The van der Waals surface area contributed by atoms with Crippen LogP contribution in [-0.4, -0.2) is 0 Å². The molecule has 0 nitrogen and oxygen atoms in total. The predicted octanol–water partition coefficient (Wildman–Crippen LogP) is 5.03. The molecule has 0 unspecified atom stereocenters. The topological polar surface area (TPSA) is 0 Å². The number of benzene rings is 3. The van der Waals surface area contributed by atoms with Crippen LogP contribution in [-0.2, 0) is 6.42 Å². The molecule has 0 saturated carbocycles. The van der Waals surface area contributed by atoms with Gasteiger partial charge in [-0.1, -0.05) is 66.7 Å². The van der Waals surface area contributed by atoms with Crippen LogP contribution in [0.1, 0.15) is 16.7 Å².